The normalized spacial score (nSPS) is 15.6. The Balaban J connectivity index is 1.61. The van der Waals surface area contributed by atoms with E-state index in [2.05, 4.69) is 15.5 Å². The number of rotatable bonds is 8. The van der Waals surface area contributed by atoms with Crippen LogP contribution in [-0.4, -0.2) is 29.4 Å². The predicted molar refractivity (Wildman–Crippen MR) is 59.0 cm³/mol. The summed E-state index contributed by atoms with van der Waals surface area (Å²) >= 11 is 0. The van der Waals surface area contributed by atoms with Gasteiger partial charge in [-0.05, 0) is 32.7 Å². The first kappa shape index (κ1) is 11.5. The molecule has 0 aliphatic heterocycles. The minimum Gasteiger partial charge on any atom is -0.423 e. The second-order valence-electron chi connectivity index (χ2n) is 4.06. The molecule has 5 nitrogen and oxygen atoms in total. The summed E-state index contributed by atoms with van der Waals surface area (Å²) in [5.41, 5.74) is 0. The van der Waals surface area contributed by atoms with Crippen molar-refractivity contribution in [1.29, 1.82) is 0 Å². The Morgan fingerprint density at radius 2 is 2.19 bits per heavy atom. The molecule has 1 aromatic rings. The van der Waals surface area contributed by atoms with E-state index in [0.717, 1.165) is 25.4 Å². The first-order valence-electron chi connectivity index (χ1n) is 6.01. The van der Waals surface area contributed by atoms with E-state index in [1.807, 2.05) is 6.92 Å². The monoisotopic (exact) mass is 225 g/mol. The Bertz CT molecular complexity index is 310. The highest BCUT2D eigenvalue weighted by atomic mass is 16.5. The van der Waals surface area contributed by atoms with Gasteiger partial charge in [-0.15, -0.1) is 10.2 Å². The molecule has 1 N–H and O–H groups in total. The summed E-state index contributed by atoms with van der Waals surface area (Å²) in [6.45, 7) is 4.07. The molecule has 0 aromatic carbocycles. The van der Waals surface area contributed by atoms with Gasteiger partial charge in [-0.3, -0.25) is 0 Å². The molecule has 0 spiro atoms. The number of hydrogen-bond acceptors (Lipinski definition) is 5. The van der Waals surface area contributed by atoms with E-state index >= 15 is 0 Å². The average Bonchev–Trinajstić information content (AvgIpc) is 3.01. The largest absolute Gasteiger partial charge is 0.423 e. The molecule has 2 rings (SSSR count). The third-order valence-corrected chi connectivity index (χ3v) is 2.52. The number of nitrogens with one attached hydrogen (secondary N) is 1. The van der Waals surface area contributed by atoms with Gasteiger partial charge in [0, 0.05) is 19.1 Å². The lowest BCUT2D eigenvalue weighted by Gasteiger charge is -1.99. The molecule has 0 saturated heterocycles. The van der Waals surface area contributed by atoms with Gasteiger partial charge in [0.05, 0.1) is 0 Å². The van der Waals surface area contributed by atoms with Gasteiger partial charge in [0.15, 0.2) is 0 Å². The number of ether oxygens (including phenoxy) is 1. The molecule has 90 valence electrons. The molecule has 1 aromatic heterocycles. The van der Waals surface area contributed by atoms with Crippen molar-refractivity contribution < 1.29 is 9.15 Å². The number of hydrogen-bond donors (Lipinski definition) is 1. The third kappa shape index (κ3) is 3.90. The number of nitrogens with zero attached hydrogens (tertiary/aromatic N) is 2. The minimum atomic E-state index is 0.420. The zero-order chi connectivity index (χ0) is 11.2. The Kier molecular flexibility index (Phi) is 4.30. The van der Waals surface area contributed by atoms with E-state index in [1.165, 1.54) is 12.8 Å². The van der Waals surface area contributed by atoms with Crippen molar-refractivity contribution in [3.63, 3.8) is 0 Å². The van der Waals surface area contributed by atoms with Crippen LogP contribution >= 0.6 is 0 Å². The molecule has 0 unspecified atom stereocenters. The van der Waals surface area contributed by atoms with E-state index < -0.39 is 0 Å². The van der Waals surface area contributed by atoms with Gasteiger partial charge in [0.1, 0.15) is 6.61 Å². The third-order valence-electron chi connectivity index (χ3n) is 2.52. The molecule has 0 radical (unpaired) electrons. The van der Waals surface area contributed by atoms with Crippen LogP contribution in [0.2, 0.25) is 0 Å². The van der Waals surface area contributed by atoms with Gasteiger partial charge < -0.3 is 14.5 Å². The molecular formula is C11H19N3O2. The highest BCUT2D eigenvalue weighted by molar-refractivity contribution is 4.83. The second-order valence-corrected chi connectivity index (χ2v) is 4.06. The maximum atomic E-state index is 5.43. The van der Waals surface area contributed by atoms with Crippen molar-refractivity contribution in [2.45, 2.75) is 45.3 Å². The lowest BCUT2D eigenvalue weighted by molar-refractivity contribution is 0.113. The maximum absolute atomic E-state index is 5.43. The predicted octanol–water partition coefficient (Wildman–Crippen LogP) is 1.29. The van der Waals surface area contributed by atoms with Crippen molar-refractivity contribution in [2.75, 3.05) is 13.2 Å². The van der Waals surface area contributed by atoms with Crippen LogP contribution in [0.3, 0.4) is 0 Å². The highest BCUT2D eigenvalue weighted by Gasteiger charge is 2.19. The van der Waals surface area contributed by atoms with Crippen molar-refractivity contribution in [3.8, 4) is 0 Å². The van der Waals surface area contributed by atoms with Crippen molar-refractivity contribution >= 4 is 0 Å². The zero-order valence-corrected chi connectivity index (χ0v) is 9.74. The topological polar surface area (TPSA) is 60.2 Å². The van der Waals surface area contributed by atoms with Crippen LogP contribution in [0, 0.1) is 0 Å². The molecule has 1 aliphatic carbocycles. The van der Waals surface area contributed by atoms with E-state index in [-0.39, 0.29) is 0 Å². The van der Waals surface area contributed by atoms with Crippen molar-refractivity contribution in [1.82, 2.24) is 15.5 Å². The molecule has 1 saturated carbocycles. The summed E-state index contributed by atoms with van der Waals surface area (Å²) in [4.78, 5) is 0. The highest BCUT2D eigenvalue weighted by Crippen LogP contribution is 2.18. The van der Waals surface area contributed by atoms with Gasteiger partial charge >= 0.3 is 0 Å². The quantitative estimate of drug-likeness (QED) is 0.675. The smallest absolute Gasteiger partial charge is 0.242 e. The SMILES string of the molecule is CCOCc1nnc(CCCNC2CC2)o1. The fraction of sp³-hybridized carbons (Fsp3) is 0.818. The van der Waals surface area contributed by atoms with Gasteiger partial charge in [-0.25, -0.2) is 0 Å². The van der Waals surface area contributed by atoms with Gasteiger partial charge in [-0.1, -0.05) is 0 Å². The first-order chi connectivity index (χ1) is 7.88. The molecule has 5 heteroatoms. The number of aromatic nitrogens is 2. The zero-order valence-electron chi connectivity index (χ0n) is 9.74. The van der Waals surface area contributed by atoms with E-state index in [4.69, 9.17) is 9.15 Å². The van der Waals surface area contributed by atoms with Gasteiger partial charge in [0.25, 0.3) is 0 Å². The van der Waals surface area contributed by atoms with Gasteiger partial charge in [0.2, 0.25) is 11.8 Å². The Hall–Kier alpha value is -0.940. The van der Waals surface area contributed by atoms with E-state index in [9.17, 15) is 0 Å². The Morgan fingerprint density at radius 1 is 1.38 bits per heavy atom. The number of aryl methyl sites for hydroxylation is 1. The molecule has 1 heterocycles. The van der Waals surface area contributed by atoms with Crippen LogP contribution < -0.4 is 5.32 Å². The van der Waals surface area contributed by atoms with E-state index in [0.29, 0.717) is 25.0 Å². The summed E-state index contributed by atoms with van der Waals surface area (Å²) in [5, 5.41) is 11.3. The minimum absolute atomic E-state index is 0.420. The lowest BCUT2D eigenvalue weighted by Crippen LogP contribution is -2.17. The van der Waals surface area contributed by atoms with E-state index in [1.54, 1.807) is 0 Å². The molecule has 0 amide bonds. The standard InChI is InChI=1S/C11H19N3O2/c1-2-15-8-11-14-13-10(16-11)4-3-7-12-9-5-6-9/h9,12H,2-8H2,1H3. The maximum Gasteiger partial charge on any atom is 0.242 e. The molecule has 1 fully saturated rings. The van der Waals surface area contributed by atoms with Crippen LogP contribution in [0.4, 0.5) is 0 Å². The van der Waals surface area contributed by atoms with Gasteiger partial charge in [-0.2, -0.15) is 0 Å². The van der Waals surface area contributed by atoms with Crippen LogP contribution in [0.25, 0.3) is 0 Å². The molecule has 0 atom stereocenters. The fourth-order valence-electron chi connectivity index (χ4n) is 1.47. The molecule has 0 bridgehead atoms. The summed E-state index contributed by atoms with van der Waals surface area (Å²) in [6.07, 6.45) is 4.56. The fourth-order valence-corrected chi connectivity index (χ4v) is 1.47. The summed E-state index contributed by atoms with van der Waals surface area (Å²) < 4.78 is 10.6. The second kappa shape index (κ2) is 5.96. The average molecular weight is 225 g/mol. The molecule has 16 heavy (non-hydrogen) atoms. The summed E-state index contributed by atoms with van der Waals surface area (Å²) in [7, 11) is 0. The van der Waals surface area contributed by atoms with Crippen molar-refractivity contribution in [2.24, 2.45) is 0 Å². The van der Waals surface area contributed by atoms with Crippen molar-refractivity contribution in [3.05, 3.63) is 11.8 Å². The van der Waals surface area contributed by atoms with Crippen LogP contribution in [-0.2, 0) is 17.8 Å². The Morgan fingerprint density at radius 3 is 2.94 bits per heavy atom. The Labute approximate surface area is 95.6 Å². The summed E-state index contributed by atoms with van der Waals surface area (Å²) in [6, 6.07) is 0.774. The lowest BCUT2D eigenvalue weighted by atomic mass is 10.3. The van der Waals surface area contributed by atoms with Crippen LogP contribution in [0.1, 0.15) is 38.0 Å². The molecule has 1 aliphatic rings. The van der Waals surface area contributed by atoms with Crippen LogP contribution in [0.5, 0.6) is 0 Å². The first-order valence-corrected chi connectivity index (χ1v) is 6.01. The summed E-state index contributed by atoms with van der Waals surface area (Å²) in [5.74, 6) is 1.29. The molecular weight excluding hydrogens is 206 g/mol. The van der Waals surface area contributed by atoms with Crippen LogP contribution in [0.15, 0.2) is 4.42 Å².